The third-order valence-electron chi connectivity index (χ3n) is 4.49. The number of hydrogen-bond acceptors (Lipinski definition) is 3. The predicted molar refractivity (Wildman–Crippen MR) is 85.3 cm³/mol. The molecule has 2 amide bonds. The Labute approximate surface area is 133 Å². The fraction of sp³-hybridized carbons (Fsp3) is 0.882. The molecule has 1 saturated heterocycles. The van der Waals surface area contributed by atoms with Gasteiger partial charge in [-0.2, -0.15) is 0 Å². The maximum Gasteiger partial charge on any atom is 0.225 e. The average molecular weight is 310 g/mol. The van der Waals surface area contributed by atoms with Crippen LogP contribution in [0.15, 0.2) is 0 Å². The van der Waals surface area contributed by atoms with Crippen molar-refractivity contribution in [3.8, 4) is 0 Å². The number of hydrogen-bond donors (Lipinski definition) is 1. The van der Waals surface area contributed by atoms with Gasteiger partial charge in [0.05, 0.1) is 0 Å². The summed E-state index contributed by atoms with van der Waals surface area (Å²) in [5, 5.41) is 3.00. The molecule has 0 radical (unpaired) electrons. The highest BCUT2D eigenvalue weighted by Crippen LogP contribution is 2.28. The zero-order chi connectivity index (χ0) is 15.9. The molecule has 5 nitrogen and oxygen atoms in total. The Morgan fingerprint density at radius 2 is 1.86 bits per heavy atom. The molecule has 0 aromatic carbocycles. The quantitative estimate of drug-likeness (QED) is 0.696. The smallest absolute Gasteiger partial charge is 0.225 e. The van der Waals surface area contributed by atoms with Crippen molar-refractivity contribution in [1.29, 1.82) is 0 Å². The number of ether oxygens (including phenoxy) is 1. The molecular weight excluding hydrogens is 280 g/mol. The lowest BCUT2D eigenvalue weighted by molar-refractivity contribution is -0.138. The summed E-state index contributed by atoms with van der Waals surface area (Å²) >= 11 is 0. The van der Waals surface area contributed by atoms with Gasteiger partial charge in [0.2, 0.25) is 11.8 Å². The first-order valence-corrected chi connectivity index (χ1v) is 8.72. The third-order valence-corrected chi connectivity index (χ3v) is 4.49. The molecular formula is C17H30N2O3. The van der Waals surface area contributed by atoms with Crippen LogP contribution < -0.4 is 5.32 Å². The first kappa shape index (κ1) is 17.3. The fourth-order valence-corrected chi connectivity index (χ4v) is 2.79. The molecule has 22 heavy (non-hydrogen) atoms. The summed E-state index contributed by atoms with van der Waals surface area (Å²) in [7, 11) is 0. The van der Waals surface area contributed by atoms with Crippen molar-refractivity contribution in [3.05, 3.63) is 0 Å². The molecule has 2 rings (SSSR count). The molecule has 126 valence electrons. The van der Waals surface area contributed by atoms with Crippen LogP contribution in [-0.4, -0.2) is 49.6 Å². The summed E-state index contributed by atoms with van der Waals surface area (Å²) in [5.74, 6) is 1.24. The van der Waals surface area contributed by atoms with Gasteiger partial charge in [-0.05, 0) is 38.0 Å². The molecule has 1 aliphatic heterocycles. The van der Waals surface area contributed by atoms with Crippen LogP contribution >= 0.6 is 0 Å². The van der Waals surface area contributed by atoms with E-state index in [-0.39, 0.29) is 23.7 Å². The Morgan fingerprint density at radius 3 is 2.45 bits per heavy atom. The number of rotatable bonds is 8. The average Bonchev–Trinajstić information content (AvgIpc) is 3.34. The highest BCUT2D eigenvalue weighted by atomic mass is 16.5. The number of amides is 2. The number of nitrogens with zero attached hydrogens (tertiary/aromatic N) is 1. The van der Waals surface area contributed by atoms with Crippen LogP contribution in [0.3, 0.4) is 0 Å². The minimum atomic E-state index is 0.0426. The van der Waals surface area contributed by atoms with Gasteiger partial charge in [0.1, 0.15) is 0 Å². The van der Waals surface area contributed by atoms with E-state index in [1.54, 1.807) is 0 Å². The number of nitrogens with one attached hydrogen (secondary N) is 1. The molecule has 1 aliphatic carbocycles. The highest BCUT2D eigenvalue weighted by Gasteiger charge is 2.27. The first-order chi connectivity index (χ1) is 10.6. The summed E-state index contributed by atoms with van der Waals surface area (Å²) in [5.41, 5.74) is 0. The Balaban J connectivity index is 1.53. The molecule has 0 unspecified atom stereocenters. The fourth-order valence-electron chi connectivity index (χ4n) is 2.79. The molecule has 0 spiro atoms. The van der Waals surface area contributed by atoms with E-state index in [1.165, 1.54) is 12.8 Å². The van der Waals surface area contributed by atoms with Crippen LogP contribution in [0.1, 0.15) is 46.0 Å². The van der Waals surface area contributed by atoms with Gasteiger partial charge in [0, 0.05) is 44.7 Å². The zero-order valence-corrected chi connectivity index (χ0v) is 14.0. The van der Waals surface area contributed by atoms with Gasteiger partial charge in [0.25, 0.3) is 0 Å². The van der Waals surface area contributed by atoms with Crippen molar-refractivity contribution in [1.82, 2.24) is 10.2 Å². The number of carbonyl (C=O) groups is 2. The van der Waals surface area contributed by atoms with Gasteiger partial charge in [-0.15, -0.1) is 0 Å². The molecule has 0 aromatic rings. The second-order valence-corrected chi connectivity index (χ2v) is 6.92. The zero-order valence-electron chi connectivity index (χ0n) is 14.0. The van der Waals surface area contributed by atoms with Crippen LogP contribution in [0.4, 0.5) is 0 Å². The lowest BCUT2D eigenvalue weighted by Crippen LogP contribution is -2.44. The van der Waals surface area contributed by atoms with Crippen LogP contribution in [0.25, 0.3) is 0 Å². The number of likely N-dealkylation sites (tertiary alicyclic amines) is 1. The summed E-state index contributed by atoms with van der Waals surface area (Å²) in [6.07, 6.45) is 5.07. The highest BCUT2D eigenvalue weighted by molar-refractivity contribution is 5.80. The Morgan fingerprint density at radius 1 is 1.18 bits per heavy atom. The van der Waals surface area contributed by atoms with Crippen LogP contribution in [0.2, 0.25) is 0 Å². The lowest BCUT2D eigenvalue weighted by Gasteiger charge is -2.32. The van der Waals surface area contributed by atoms with E-state index >= 15 is 0 Å². The van der Waals surface area contributed by atoms with E-state index in [1.807, 2.05) is 18.7 Å². The molecule has 2 aliphatic rings. The molecule has 5 heteroatoms. The minimum Gasteiger partial charge on any atom is -0.381 e. The van der Waals surface area contributed by atoms with Crippen LogP contribution in [0.5, 0.6) is 0 Å². The van der Waals surface area contributed by atoms with Gasteiger partial charge < -0.3 is 15.0 Å². The van der Waals surface area contributed by atoms with Gasteiger partial charge in [0.15, 0.2) is 0 Å². The van der Waals surface area contributed by atoms with Gasteiger partial charge >= 0.3 is 0 Å². The normalized spacial score (nSPS) is 19.5. The van der Waals surface area contributed by atoms with Crippen molar-refractivity contribution < 1.29 is 14.3 Å². The summed E-state index contributed by atoms with van der Waals surface area (Å²) in [6.45, 7) is 7.57. The maximum atomic E-state index is 12.1. The monoisotopic (exact) mass is 310 g/mol. The first-order valence-electron chi connectivity index (χ1n) is 8.72. The molecule has 1 heterocycles. The van der Waals surface area contributed by atoms with Crippen molar-refractivity contribution in [3.63, 3.8) is 0 Å². The Hall–Kier alpha value is -1.10. The Kier molecular flexibility index (Phi) is 6.68. The molecule has 0 aromatic heterocycles. The second-order valence-electron chi connectivity index (χ2n) is 6.92. The van der Waals surface area contributed by atoms with Crippen molar-refractivity contribution in [2.75, 3.05) is 32.8 Å². The van der Waals surface area contributed by atoms with Gasteiger partial charge in [-0.25, -0.2) is 0 Å². The number of carbonyl (C=O) groups excluding carboxylic acids is 2. The van der Waals surface area contributed by atoms with Gasteiger partial charge in [-0.3, -0.25) is 9.59 Å². The Bertz CT molecular complexity index is 372. The third kappa shape index (κ3) is 5.59. The molecule has 0 bridgehead atoms. The maximum absolute atomic E-state index is 12.1. The second kappa shape index (κ2) is 8.51. The SMILES string of the molecule is CC(C)C(=O)N1CCC(C(=O)NCCCOCC2CC2)CC1. The van der Waals surface area contributed by atoms with Crippen LogP contribution in [0, 0.1) is 17.8 Å². The van der Waals surface area contributed by atoms with Crippen molar-refractivity contribution in [2.24, 2.45) is 17.8 Å². The summed E-state index contributed by atoms with van der Waals surface area (Å²) in [4.78, 5) is 25.9. The van der Waals surface area contributed by atoms with Crippen molar-refractivity contribution in [2.45, 2.75) is 46.0 Å². The van der Waals surface area contributed by atoms with E-state index in [0.29, 0.717) is 19.6 Å². The topological polar surface area (TPSA) is 58.6 Å². The minimum absolute atomic E-state index is 0.0426. The largest absolute Gasteiger partial charge is 0.381 e. The lowest BCUT2D eigenvalue weighted by atomic mass is 9.95. The van der Waals surface area contributed by atoms with E-state index in [2.05, 4.69) is 5.32 Å². The number of piperidine rings is 1. The van der Waals surface area contributed by atoms with Crippen molar-refractivity contribution >= 4 is 11.8 Å². The molecule has 0 atom stereocenters. The summed E-state index contributed by atoms with van der Waals surface area (Å²) in [6, 6.07) is 0. The van der Waals surface area contributed by atoms with Crippen LogP contribution in [-0.2, 0) is 14.3 Å². The van der Waals surface area contributed by atoms with E-state index < -0.39 is 0 Å². The molecule has 1 saturated carbocycles. The molecule has 1 N–H and O–H groups in total. The summed E-state index contributed by atoms with van der Waals surface area (Å²) < 4.78 is 5.55. The predicted octanol–water partition coefficient (Wildman–Crippen LogP) is 1.81. The van der Waals surface area contributed by atoms with E-state index in [4.69, 9.17) is 4.74 Å². The standard InChI is InChI=1S/C17H30N2O3/c1-13(2)17(21)19-9-6-15(7-10-19)16(20)18-8-3-11-22-12-14-4-5-14/h13-15H,3-12H2,1-2H3,(H,18,20). The molecule has 2 fully saturated rings. The van der Waals surface area contributed by atoms with E-state index in [9.17, 15) is 9.59 Å². The van der Waals surface area contributed by atoms with E-state index in [0.717, 1.165) is 38.4 Å². The van der Waals surface area contributed by atoms with Gasteiger partial charge in [-0.1, -0.05) is 13.8 Å².